The summed E-state index contributed by atoms with van der Waals surface area (Å²) in [5.41, 5.74) is 0.844. The van der Waals surface area contributed by atoms with Crippen molar-refractivity contribution in [2.45, 2.75) is 33.6 Å². The number of rotatable bonds is 8. The van der Waals surface area contributed by atoms with Gasteiger partial charge in [-0.3, -0.25) is 9.69 Å². The van der Waals surface area contributed by atoms with Crippen LogP contribution in [0.3, 0.4) is 0 Å². The molecule has 18 heavy (non-hydrogen) atoms. The summed E-state index contributed by atoms with van der Waals surface area (Å²) in [4.78, 5) is 16.5. The SMILES string of the molecule is CCCCN(CCO)CC(=O)c1cc(C)sc1C. The summed E-state index contributed by atoms with van der Waals surface area (Å²) in [6.07, 6.45) is 2.17. The lowest BCUT2D eigenvalue weighted by molar-refractivity contribution is 0.0913. The second kappa shape index (κ2) is 7.67. The van der Waals surface area contributed by atoms with E-state index in [1.165, 1.54) is 4.88 Å². The maximum absolute atomic E-state index is 12.2. The van der Waals surface area contributed by atoms with Crippen molar-refractivity contribution in [2.24, 2.45) is 0 Å². The van der Waals surface area contributed by atoms with Gasteiger partial charge in [0, 0.05) is 21.9 Å². The van der Waals surface area contributed by atoms with Crippen LogP contribution in [-0.2, 0) is 0 Å². The number of unbranched alkanes of at least 4 members (excludes halogenated alkanes) is 1. The van der Waals surface area contributed by atoms with Crippen molar-refractivity contribution >= 4 is 17.1 Å². The molecule has 0 saturated carbocycles. The van der Waals surface area contributed by atoms with E-state index >= 15 is 0 Å². The maximum Gasteiger partial charge on any atom is 0.177 e. The average Bonchev–Trinajstić information content (AvgIpc) is 2.65. The van der Waals surface area contributed by atoms with Crippen molar-refractivity contribution in [1.82, 2.24) is 4.90 Å². The van der Waals surface area contributed by atoms with Gasteiger partial charge < -0.3 is 5.11 Å². The number of hydrogen-bond donors (Lipinski definition) is 1. The molecule has 0 unspecified atom stereocenters. The van der Waals surface area contributed by atoms with Crippen LogP contribution in [0.15, 0.2) is 6.07 Å². The Kier molecular flexibility index (Phi) is 6.54. The fourth-order valence-corrected chi connectivity index (χ4v) is 2.93. The Bertz CT molecular complexity index is 387. The number of carbonyl (C=O) groups excluding carboxylic acids is 1. The van der Waals surface area contributed by atoms with E-state index in [2.05, 4.69) is 6.92 Å². The average molecular weight is 269 g/mol. The van der Waals surface area contributed by atoms with Crippen molar-refractivity contribution < 1.29 is 9.90 Å². The zero-order chi connectivity index (χ0) is 13.5. The van der Waals surface area contributed by atoms with Gasteiger partial charge in [0.15, 0.2) is 5.78 Å². The van der Waals surface area contributed by atoms with E-state index in [1.54, 1.807) is 11.3 Å². The summed E-state index contributed by atoms with van der Waals surface area (Å²) in [6.45, 7) is 8.13. The first-order valence-corrected chi connectivity index (χ1v) is 7.33. The minimum atomic E-state index is 0.110. The Labute approximate surface area is 113 Å². The molecular weight excluding hydrogens is 246 g/mol. The highest BCUT2D eigenvalue weighted by Gasteiger charge is 2.15. The molecular formula is C14H23NO2S. The number of carbonyl (C=O) groups is 1. The number of aliphatic hydroxyl groups excluding tert-OH is 1. The van der Waals surface area contributed by atoms with Crippen LogP contribution in [0.25, 0.3) is 0 Å². The summed E-state index contributed by atoms with van der Waals surface area (Å²) in [5.74, 6) is 0.168. The Balaban J connectivity index is 2.62. The van der Waals surface area contributed by atoms with E-state index in [4.69, 9.17) is 5.11 Å². The number of nitrogens with zero attached hydrogens (tertiary/aromatic N) is 1. The van der Waals surface area contributed by atoms with E-state index in [0.29, 0.717) is 13.1 Å². The highest BCUT2D eigenvalue weighted by molar-refractivity contribution is 7.12. The van der Waals surface area contributed by atoms with Crippen LogP contribution in [0.5, 0.6) is 0 Å². The Morgan fingerprint density at radius 3 is 2.61 bits per heavy atom. The number of thiophene rings is 1. The van der Waals surface area contributed by atoms with Crippen molar-refractivity contribution in [2.75, 3.05) is 26.2 Å². The largest absolute Gasteiger partial charge is 0.395 e. The molecule has 0 fully saturated rings. The summed E-state index contributed by atoms with van der Waals surface area (Å²) in [5, 5.41) is 9.03. The molecule has 1 aromatic rings. The molecule has 0 atom stereocenters. The monoisotopic (exact) mass is 269 g/mol. The molecule has 0 saturated heterocycles. The van der Waals surface area contributed by atoms with Crippen LogP contribution >= 0.6 is 11.3 Å². The van der Waals surface area contributed by atoms with Gasteiger partial charge in [-0.05, 0) is 32.9 Å². The van der Waals surface area contributed by atoms with Gasteiger partial charge in [-0.15, -0.1) is 11.3 Å². The molecule has 3 nitrogen and oxygen atoms in total. The lowest BCUT2D eigenvalue weighted by atomic mass is 10.1. The lowest BCUT2D eigenvalue weighted by Crippen LogP contribution is -2.33. The second-order valence-corrected chi connectivity index (χ2v) is 6.06. The summed E-state index contributed by atoms with van der Waals surface area (Å²) in [7, 11) is 0. The molecule has 1 heterocycles. The fraction of sp³-hybridized carbons (Fsp3) is 0.643. The molecule has 0 aliphatic heterocycles. The Morgan fingerprint density at radius 2 is 2.11 bits per heavy atom. The van der Waals surface area contributed by atoms with Crippen LogP contribution in [0.4, 0.5) is 0 Å². The Morgan fingerprint density at radius 1 is 1.39 bits per heavy atom. The first-order valence-electron chi connectivity index (χ1n) is 6.52. The molecule has 0 radical (unpaired) electrons. The molecule has 0 amide bonds. The zero-order valence-corrected chi connectivity index (χ0v) is 12.3. The van der Waals surface area contributed by atoms with E-state index in [1.807, 2.05) is 24.8 Å². The number of hydrogen-bond acceptors (Lipinski definition) is 4. The van der Waals surface area contributed by atoms with Gasteiger partial charge in [0.2, 0.25) is 0 Å². The first kappa shape index (κ1) is 15.3. The Hall–Kier alpha value is -0.710. The van der Waals surface area contributed by atoms with Crippen molar-refractivity contribution in [3.05, 3.63) is 21.4 Å². The molecule has 102 valence electrons. The van der Waals surface area contributed by atoms with Gasteiger partial charge in [0.25, 0.3) is 0 Å². The van der Waals surface area contributed by atoms with E-state index in [0.717, 1.165) is 29.8 Å². The molecule has 0 aromatic carbocycles. The van der Waals surface area contributed by atoms with Crippen LogP contribution in [0.1, 0.15) is 39.9 Å². The molecule has 1 rings (SSSR count). The van der Waals surface area contributed by atoms with Crippen molar-refractivity contribution in [1.29, 1.82) is 0 Å². The summed E-state index contributed by atoms with van der Waals surface area (Å²) in [6, 6.07) is 1.97. The van der Waals surface area contributed by atoms with Gasteiger partial charge in [-0.2, -0.15) is 0 Å². The number of ketones is 1. The third kappa shape index (κ3) is 4.52. The third-order valence-electron chi connectivity index (χ3n) is 2.95. The van der Waals surface area contributed by atoms with E-state index < -0.39 is 0 Å². The predicted molar refractivity (Wildman–Crippen MR) is 76.6 cm³/mol. The zero-order valence-electron chi connectivity index (χ0n) is 11.5. The second-order valence-electron chi connectivity index (χ2n) is 4.60. The van der Waals surface area contributed by atoms with Crippen LogP contribution in [-0.4, -0.2) is 42.0 Å². The number of Topliss-reactive ketones (excluding diaryl/α,β-unsaturated/α-hetero) is 1. The normalized spacial score (nSPS) is 11.2. The van der Waals surface area contributed by atoms with Gasteiger partial charge in [0.1, 0.15) is 0 Å². The smallest absolute Gasteiger partial charge is 0.177 e. The van der Waals surface area contributed by atoms with Gasteiger partial charge >= 0.3 is 0 Å². The summed E-state index contributed by atoms with van der Waals surface area (Å²) >= 11 is 1.67. The molecule has 0 aliphatic carbocycles. The fourth-order valence-electron chi connectivity index (χ4n) is 1.99. The molecule has 4 heteroatoms. The van der Waals surface area contributed by atoms with Gasteiger partial charge in [-0.1, -0.05) is 13.3 Å². The van der Waals surface area contributed by atoms with Crippen molar-refractivity contribution in [3.8, 4) is 0 Å². The first-order chi connectivity index (χ1) is 8.58. The number of aliphatic hydroxyl groups is 1. The predicted octanol–water partition coefficient (Wildman–Crippen LogP) is 2.64. The van der Waals surface area contributed by atoms with E-state index in [9.17, 15) is 4.79 Å². The quantitative estimate of drug-likeness (QED) is 0.738. The van der Waals surface area contributed by atoms with Crippen molar-refractivity contribution in [3.63, 3.8) is 0 Å². The van der Waals surface area contributed by atoms with Crippen LogP contribution < -0.4 is 0 Å². The lowest BCUT2D eigenvalue weighted by Gasteiger charge is -2.19. The van der Waals surface area contributed by atoms with Crippen LogP contribution in [0, 0.1) is 13.8 Å². The number of aryl methyl sites for hydroxylation is 2. The molecule has 0 bridgehead atoms. The van der Waals surface area contributed by atoms with Gasteiger partial charge in [0.05, 0.1) is 13.2 Å². The highest BCUT2D eigenvalue weighted by atomic mass is 32.1. The standard InChI is InChI=1S/C14H23NO2S/c1-4-5-6-15(7-8-16)10-14(17)13-9-11(2)18-12(13)3/h9,16H,4-8,10H2,1-3H3. The summed E-state index contributed by atoms with van der Waals surface area (Å²) < 4.78 is 0. The minimum Gasteiger partial charge on any atom is -0.395 e. The topological polar surface area (TPSA) is 40.5 Å². The minimum absolute atomic E-state index is 0.110. The van der Waals surface area contributed by atoms with Gasteiger partial charge in [-0.25, -0.2) is 0 Å². The molecule has 1 aromatic heterocycles. The molecule has 0 spiro atoms. The van der Waals surface area contributed by atoms with Crippen LogP contribution in [0.2, 0.25) is 0 Å². The maximum atomic E-state index is 12.2. The molecule has 1 N–H and O–H groups in total. The third-order valence-corrected chi connectivity index (χ3v) is 3.92. The molecule has 0 aliphatic rings. The van der Waals surface area contributed by atoms with E-state index in [-0.39, 0.29) is 12.4 Å². The highest BCUT2D eigenvalue weighted by Crippen LogP contribution is 2.21.